The van der Waals surface area contributed by atoms with E-state index in [1.807, 2.05) is 10.8 Å². The number of hydrogen-bond acceptors (Lipinski definition) is 2. The molecule has 1 unspecified atom stereocenters. The Bertz CT molecular complexity index is 402. The van der Waals surface area contributed by atoms with Crippen LogP contribution in [0.4, 0.5) is 0 Å². The summed E-state index contributed by atoms with van der Waals surface area (Å²) < 4.78 is 1.86. The minimum Gasteiger partial charge on any atom is -0.313 e. The highest BCUT2D eigenvalue weighted by atomic mass is 16.1. The summed E-state index contributed by atoms with van der Waals surface area (Å²) in [7, 11) is 0. The number of hydrogen-bond donors (Lipinski definition) is 2. The summed E-state index contributed by atoms with van der Waals surface area (Å²) in [5.41, 5.74) is 0.399. The van der Waals surface area contributed by atoms with Crippen LogP contribution in [0.15, 0.2) is 17.2 Å². The van der Waals surface area contributed by atoms with Gasteiger partial charge in [0.2, 0.25) is 0 Å². The molecule has 1 atom stereocenters. The van der Waals surface area contributed by atoms with Gasteiger partial charge in [0.15, 0.2) is 0 Å². The second kappa shape index (κ2) is 3.23. The molecule has 3 rings (SSSR count). The van der Waals surface area contributed by atoms with E-state index in [1.54, 1.807) is 6.20 Å². The fraction of sp³-hybridized carbons (Fsp3) is 0.727. The Labute approximate surface area is 88.7 Å². The molecule has 0 amide bonds. The topological polar surface area (TPSA) is 49.8 Å². The maximum Gasteiger partial charge on any atom is 0.325 e. The molecule has 2 aliphatic rings. The minimum absolute atomic E-state index is 0.0383. The quantitative estimate of drug-likeness (QED) is 0.722. The van der Waals surface area contributed by atoms with E-state index >= 15 is 0 Å². The fourth-order valence-corrected chi connectivity index (χ4v) is 2.97. The second-order valence-corrected chi connectivity index (χ2v) is 4.88. The van der Waals surface area contributed by atoms with Crippen molar-refractivity contribution in [2.75, 3.05) is 6.54 Å². The lowest BCUT2D eigenvalue weighted by atomic mass is 9.70. The zero-order valence-corrected chi connectivity index (χ0v) is 8.83. The van der Waals surface area contributed by atoms with E-state index in [-0.39, 0.29) is 5.69 Å². The van der Waals surface area contributed by atoms with Crippen molar-refractivity contribution in [2.24, 2.45) is 0 Å². The number of piperidine rings is 1. The summed E-state index contributed by atoms with van der Waals surface area (Å²) in [6.07, 6.45) is 9.69. The van der Waals surface area contributed by atoms with Gasteiger partial charge in [-0.2, -0.15) is 0 Å². The van der Waals surface area contributed by atoms with E-state index in [0.29, 0.717) is 11.6 Å². The Morgan fingerprint density at radius 1 is 1.47 bits per heavy atom. The lowest BCUT2D eigenvalue weighted by Gasteiger charge is -2.48. The number of nitrogens with zero attached hydrogens (tertiary/aromatic N) is 1. The summed E-state index contributed by atoms with van der Waals surface area (Å²) in [4.78, 5) is 14.2. The molecule has 82 valence electrons. The number of rotatable bonds is 1. The Balaban J connectivity index is 1.82. The highest BCUT2D eigenvalue weighted by molar-refractivity contribution is 5.02. The molecule has 4 heteroatoms. The smallest absolute Gasteiger partial charge is 0.313 e. The van der Waals surface area contributed by atoms with E-state index in [1.165, 1.54) is 19.3 Å². The Hall–Kier alpha value is -1.03. The van der Waals surface area contributed by atoms with Crippen LogP contribution in [0.3, 0.4) is 0 Å². The third-order valence-corrected chi connectivity index (χ3v) is 3.98. The first-order chi connectivity index (χ1) is 7.29. The normalized spacial score (nSPS) is 28.9. The summed E-state index contributed by atoms with van der Waals surface area (Å²) in [5.74, 6) is 0. The minimum atomic E-state index is 0.0383. The van der Waals surface area contributed by atoms with Gasteiger partial charge in [-0.15, -0.1) is 0 Å². The Kier molecular flexibility index (Phi) is 1.99. The number of imidazole rings is 1. The van der Waals surface area contributed by atoms with Crippen LogP contribution in [0.2, 0.25) is 0 Å². The molecular weight excluding hydrogens is 190 g/mol. The first-order valence-corrected chi connectivity index (χ1v) is 5.80. The number of H-pyrrole nitrogens is 1. The monoisotopic (exact) mass is 207 g/mol. The van der Waals surface area contributed by atoms with Crippen LogP contribution < -0.4 is 11.0 Å². The average molecular weight is 207 g/mol. The molecule has 4 nitrogen and oxygen atoms in total. The molecule has 1 aromatic heterocycles. The van der Waals surface area contributed by atoms with Crippen molar-refractivity contribution in [3.63, 3.8) is 0 Å². The van der Waals surface area contributed by atoms with Gasteiger partial charge in [0.1, 0.15) is 0 Å². The first-order valence-electron chi connectivity index (χ1n) is 5.80. The van der Waals surface area contributed by atoms with Gasteiger partial charge >= 0.3 is 5.69 Å². The molecule has 0 radical (unpaired) electrons. The molecular formula is C11H17N3O. The van der Waals surface area contributed by atoms with Crippen LogP contribution in [0.5, 0.6) is 0 Å². The average Bonchev–Trinajstić information content (AvgIpc) is 2.62. The second-order valence-electron chi connectivity index (χ2n) is 4.88. The van der Waals surface area contributed by atoms with Gasteiger partial charge in [0.05, 0.1) is 0 Å². The third kappa shape index (κ3) is 1.44. The van der Waals surface area contributed by atoms with Crippen LogP contribution in [0.1, 0.15) is 38.1 Å². The van der Waals surface area contributed by atoms with Crippen molar-refractivity contribution in [1.82, 2.24) is 14.9 Å². The highest BCUT2D eigenvalue weighted by Crippen LogP contribution is 2.41. The molecule has 1 aromatic rings. The molecule has 1 aliphatic carbocycles. The largest absolute Gasteiger partial charge is 0.325 e. The summed E-state index contributed by atoms with van der Waals surface area (Å²) in [6.45, 7) is 1.04. The van der Waals surface area contributed by atoms with Crippen molar-refractivity contribution in [3.05, 3.63) is 22.9 Å². The van der Waals surface area contributed by atoms with Gasteiger partial charge in [-0.3, -0.25) is 4.57 Å². The van der Waals surface area contributed by atoms with Gasteiger partial charge < -0.3 is 10.3 Å². The van der Waals surface area contributed by atoms with E-state index in [2.05, 4.69) is 10.3 Å². The standard InChI is InChI=1S/C11H17N3O/c15-10-12-6-7-14(10)9-2-5-13-11(8-9)3-1-4-11/h6-7,9,13H,1-5,8H2,(H,12,15). The zero-order chi connectivity index (χ0) is 10.3. The van der Waals surface area contributed by atoms with E-state index < -0.39 is 0 Å². The Morgan fingerprint density at radius 3 is 2.93 bits per heavy atom. The van der Waals surface area contributed by atoms with Crippen molar-refractivity contribution in [3.8, 4) is 0 Å². The molecule has 1 saturated carbocycles. The van der Waals surface area contributed by atoms with Gasteiger partial charge in [-0.05, 0) is 38.6 Å². The van der Waals surface area contributed by atoms with Crippen molar-refractivity contribution in [2.45, 2.75) is 43.7 Å². The molecule has 0 aromatic carbocycles. The highest BCUT2D eigenvalue weighted by Gasteiger charge is 2.41. The molecule has 15 heavy (non-hydrogen) atoms. The lowest BCUT2D eigenvalue weighted by Crippen LogP contribution is -2.56. The Morgan fingerprint density at radius 2 is 2.33 bits per heavy atom. The lowest BCUT2D eigenvalue weighted by molar-refractivity contribution is 0.109. The molecule has 2 heterocycles. The molecule has 2 fully saturated rings. The third-order valence-electron chi connectivity index (χ3n) is 3.98. The summed E-state index contributed by atoms with van der Waals surface area (Å²) in [6, 6.07) is 0.394. The van der Waals surface area contributed by atoms with Crippen LogP contribution in [-0.2, 0) is 0 Å². The van der Waals surface area contributed by atoms with Gasteiger partial charge in [0.25, 0.3) is 0 Å². The van der Waals surface area contributed by atoms with Gasteiger partial charge in [-0.1, -0.05) is 0 Å². The molecule has 1 spiro atoms. The van der Waals surface area contributed by atoms with Crippen LogP contribution >= 0.6 is 0 Å². The predicted octanol–water partition coefficient (Wildman–Crippen LogP) is 1.02. The number of aromatic amines is 1. The van der Waals surface area contributed by atoms with Gasteiger partial charge in [-0.25, -0.2) is 4.79 Å². The number of aromatic nitrogens is 2. The first kappa shape index (κ1) is 9.21. The van der Waals surface area contributed by atoms with Crippen molar-refractivity contribution >= 4 is 0 Å². The summed E-state index contributed by atoms with van der Waals surface area (Å²) >= 11 is 0. The van der Waals surface area contributed by atoms with Crippen molar-refractivity contribution in [1.29, 1.82) is 0 Å². The van der Waals surface area contributed by atoms with Crippen LogP contribution in [0, 0.1) is 0 Å². The number of nitrogens with one attached hydrogen (secondary N) is 2. The van der Waals surface area contributed by atoms with Crippen LogP contribution in [-0.4, -0.2) is 21.6 Å². The van der Waals surface area contributed by atoms with E-state index in [9.17, 15) is 4.79 Å². The maximum atomic E-state index is 11.5. The predicted molar refractivity (Wildman–Crippen MR) is 57.9 cm³/mol. The van der Waals surface area contributed by atoms with E-state index in [0.717, 1.165) is 19.4 Å². The van der Waals surface area contributed by atoms with Crippen molar-refractivity contribution < 1.29 is 0 Å². The van der Waals surface area contributed by atoms with E-state index in [4.69, 9.17) is 0 Å². The maximum absolute atomic E-state index is 11.5. The molecule has 0 bridgehead atoms. The summed E-state index contributed by atoms with van der Waals surface area (Å²) in [5, 5.41) is 3.62. The van der Waals surface area contributed by atoms with Crippen LogP contribution in [0.25, 0.3) is 0 Å². The zero-order valence-electron chi connectivity index (χ0n) is 8.83. The molecule has 1 saturated heterocycles. The molecule has 2 N–H and O–H groups in total. The SMILES string of the molecule is O=c1[nH]ccn1C1CCNC2(CCC2)C1. The fourth-order valence-electron chi connectivity index (χ4n) is 2.97. The van der Waals surface area contributed by atoms with Gasteiger partial charge in [0, 0.05) is 24.0 Å². The molecule has 1 aliphatic heterocycles.